The molecule has 0 spiro atoms. The summed E-state index contributed by atoms with van der Waals surface area (Å²) in [5.74, 6) is 1.88. The highest BCUT2D eigenvalue weighted by molar-refractivity contribution is 9.10. The number of halogens is 1. The topological polar surface area (TPSA) is 76.6 Å². The van der Waals surface area contributed by atoms with Crippen LogP contribution in [0.4, 0.5) is 5.82 Å². The fourth-order valence-electron chi connectivity index (χ4n) is 2.58. The Labute approximate surface area is 160 Å². The predicted octanol–water partition coefficient (Wildman–Crippen LogP) is 2.19. The number of amides is 1. The maximum Gasteiger partial charge on any atom is 0.251 e. The number of anilines is 1. The zero-order chi connectivity index (χ0) is 18.4. The van der Waals surface area contributed by atoms with Crippen molar-refractivity contribution in [2.75, 3.05) is 44.4 Å². The zero-order valence-corrected chi connectivity index (χ0v) is 16.2. The van der Waals surface area contributed by atoms with Crippen molar-refractivity contribution in [2.24, 2.45) is 0 Å². The van der Waals surface area contributed by atoms with E-state index in [4.69, 9.17) is 9.47 Å². The van der Waals surface area contributed by atoms with Crippen molar-refractivity contribution in [3.63, 3.8) is 0 Å². The molecule has 0 unspecified atom stereocenters. The van der Waals surface area contributed by atoms with Gasteiger partial charge in [0.05, 0.1) is 19.8 Å². The lowest BCUT2D eigenvalue weighted by Gasteiger charge is -2.28. The molecule has 26 heavy (non-hydrogen) atoms. The summed E-state index contributed by atoms with van der Waals surface area (Å²) in [7, 11) is 0. The third-order valence-corrected chi connectivity index (χ3v) is 4.41. The molecule has 138 valence electrons. The molecular formula is C18H21BrN4O3. The first kappa shape index (κ1) is 18.6. The van der Waals surface area contributed by atoms with Gasteiger partial charge in [0.25, 0.3) is 5.91 Å². The van der Waals surface area contributed by atoms with Gasteiger partial charge in [0, 0.05) is 29.2 Å². The lowest BCUT2D eigenvalue weighted by atomic mass is 10.2. The molecule has 2 aromatic rings. The van der Waals surface area contributed by atoms with Gasteiger partial charge in [-0.1, -0.05) is 15.9 Å². The molecule has 1 saturated heterocycles. The van der Waals surface area contributed by atoms with Crippen molar-refractivity contribution in [3.8, 4) is 5.88 Å². The van der Waals surface area contributed by atoms with Crippen LogP contribution in [0.3, 0.4) is 0 Å². The van der Waals surface area contributed by atoms with E-state index in [0.717, 1.165) is 23.4 Å². The van der Waals surface area contributed by atoms with Crippen molar-refractivity contribution in [3.05, 3.63) is 46.2 Å². The molecule has 8 heteroatoms. The van der Waals surface area contributed by atoms with Crippen LogP contribution in [-0.2, 0) is 4.74 Å². The van der Waals surface area contributed by atoms with Crippen LogP contribution in [0.1, 0.15) is 16.2 Å². The van der Waals surface area contributed by atoms with Crippen molar-refractivity contribution < 1.29 is 14.3 Å². The average Bonchev–Trinajstić information content (AvgIpc) is 2.66. The first-order valence-electron chi connectivity index (χ1n) is 8.47. The van der Waals surface area contributed by atoms with E-state index in [1.165, 1.54) is 0 Å². The van der Waals surface area contributed by atoms with Gasteiger partial charge in [-0.3, -0.25) is 4.79 Å². The number of morpholine rings is 1. The zero-order valence-electron chi connectivity index (χ0n) is 14.6. The summed E-state index contributed by atoms with van der Waals surface area (Å²) in [6.45, 7) is 5.57. The minimum Gasteiger partial charge on any atom is -0.476 e. The SMILES string of the molecule is Cc1nc(OCCNC(=O)c2ccc(Br)cc2)cc(N2CCOCC2)n1. The summed E-state index contributed by atoms with van der Waals surface area (Å²) in [6, 6.07) is 9.03. The molecule has 0 bridgehead atoms. The molecule has 0 aliphatic carbocycles. The van der Waals surface area contributed by atoms with Crippen LogP contribution in [0.5, 0.6) is 5.88 Å². The molecule has 0 atom stereocenters. The van der Waals surface area contributed by atoms with Crippen LogP contribution in [0.2, 0.25) is 0 Å². The molecule has 2 heterocycles. The molecule has 1 aliphatic heterocycles. The molecular weight excluding hydrogens is 400 g/mol. The number of aryl methyl sites for hydroxylation is 1. The number of nitrogens with zero attached hydrogens (tertiary/aromatic N) is 3. The summed E-state index contributed by atoms with van der Waals surface area (Å²) >= 11 is 3.35. The van der Waals surface area contributed by atoms with E-state index in [1.807, 2.05) is 25.1 Å². The second-order valence-electron chi connectivity index (χ2n) is 5.82. The summed E-state index contributed by atoms with van der Waals surface area (Å²) in [5.41, 5.74) is 0.612. The normalized spacial score (nSPS) is 14.2. The molecule has 0 radical (unpaired) electrons. The molecule has 1 fully saturated rings. The Kier molecular flexibility index (Phi) is 6.40. The second kappa shape index (κ2) is 8.95. The number of hydrogen-bond acceptors (Lipinski definition) is 6. The number of benzene rings is 1. The Bertz CT molecular complexity index is 749. The van der Waals surface area contributed by atoms with Gasteiger partial charge >= 0.3 is 0 Å². The molecule has 1 aromatic carbocycles. The minimum absolute atomic E-state index is 0.131. The first-order valence-corrected chi connectivity index (χ1v) is 9.26. The number of carbonyl (C=O) groups is 1. The Morgan fingerprint density at radius 2 is 2.00 bits per heavy atom. The van der Waals surface area contributed by atoms with E-state index in [0.29, 0.717) is 43.6 Å². The Morgan fingerprint density at radius 1 is 1.27 bits per heavy atom. The fourth-order valence-corrected chi connectivity index (χ4v) is 2.84. The third kappa shape index (κ3) is 5.15. The van der Waals surface area contributed by atoms with E-state index in [9.17, 15) is 4.79 Å². The third-order valence-electron chi connectivity index (χ3n) is 3.88. The first-order chi connectivity index (χ1) is 12.6. The van der Waals surface area contributed by atoms with Gasteiger partial charge in [0.1, 0.15) is 18.2 Å². The molecule has 1 N–H and O–H groups in total. The van der Waals surface area contributed by atoms with Crippen LogP contribution in [0.15, 0.2) is 34.8 Å². The van der Waals surface area contributed by atoms with Crippen molar-refractivity contribution in [1.29, 1.82) is 0 Å². The van der Waals surface area contributed by atoms with E-state index in [-0.39, 0.29) is 5.91 Å². The summed E-state index contributed by atoms with van der Waals surface area (Å²) in [6.07, 6.45) is 0. The number of aromatic nitrogens is 2. The number of rotatable bonds is 6. The highest BCUT2D eigenvalue weighted by Gasteiger charge is 2.14. The number of ether oxygens (including phenoxy) is 2. The van der Waals surface area contributed by atoms with Gasteiger partial charge < -0.3 is 19.7 Å². The Balaban J connectivity index is 1.50. The van der Waals surface area contributed by atoms with Gasteiger partial charge in [-0.15, -0.1) is 0 Å². The van der Waals surface area contributed by atoms with E-state index < -0.39 is 0 Å². The number of carbonyl (C=O) groups excluding carboxylic acids is 1. The molecule has 1 aromatic heterocycles. The molecule has 7 nitrogen and oxygen atoms in total. The number of hydrogen-bond donors (Lipinski definition) is 1. The van der Waals surface area contributed by atoms with Gasteiger partial charge in [-0.25, -0.2) is 4.98 Å². The minimum atomic E-state index is -0.131. The predicted molar refractivity (Wildman–Crippen MR) is 102 cm³/mol. The summed E-state index contributed by atoms with van der Waals surface area (Å²) in [4.78, 5) is 23.0. The molecule has 0 saturated carbocycles. The van der Waals surface area contributed by atoms with Gasteiger partial charge in [-0.2, -0.15) is 4.98 Å². The highest BCUT2D eigenvalue weighted by Crippen LogP contribution is 2.18. The molecule has 3 rings (SSSR count). The van der Waals surface area contributed by atoms with E-state index >= 15 is 0 Å². The van der Waals surface area contributed by atoms with Crippen LogP contribution >= 0.6 is 15.9 Å². The summed E-state index contributed by atoms with van der Waals surface area (Å²) < 4.78 is 12.0. The van der Waals surface area contributed by atoms with E-state index in [2.05, 4.69) is 36.1 Å². The Morgan fingerprint density at radius 3 is 2.73 bits per heavy atom. The highest BCUT2D eigenvalue weighted by atomic mass is 79.9. The van der Waals surface area contributed by atoms with Crippen LogP contribution < -0.4 is 15.0 Å². The van der Waals surface area contributed by atoms with Crippen molar-refractivity contribution in [2.45, 2.75) is 6.92 Å². The fraction of sp³-hybridized carbons (Fsp3) is 0.389. The maximum atomic E-state index is 12.1. The second-order valence-corrected chi connectivity index (χ2v) is 6.74. The van der Waals surface area contributed by atoms with Gasteiger partial charge in [-0.05, 0) is 31.2 Å². The average molecular weight is 421 g/mol. The molecule has 1 amide bonds. The van der Waals surface area contributed by atoms with E-state index in [1.54, 1.807) is 12.1 Å². The van der Waals surface area contributed by atoms with Gasteiger partial charge in [0.15, 0.2) is 0 Å². The smallest absolute Gasteiger partial charge is 0.251 e. The lowest BCUT2D eigenvalue weighted by molar-refractivity contribution is 0.0946. The van der Waals surface area contributed by atoms with Crippen molar-refractivity contribution >= 4 is 27.7 Å². The van der Waals surface area contributed by atoms with Crippen LogP contribution in [-0.4, -0.2) is 55.3 Å². The van der Waals surface area contributed by atoms with Crippen LogP contribution in [0.25, 0.3) is 0 Å². The maximum absolute atomic E-state index is 12.1. The largest absolute Gasteiger partial charge is 0.476 e. The quantitative estimate of drug-likeness (QED) is 0.721. The van der Waals surface area contributed by atoms with Crippen molar-refractivity contribution in [1.82, 2.24) is 15.3 Å². The Hall–Kier alpha value is -2.19. The lowest BCUT2D eigenvalue weighted by Crippen LogP contribution is -2.37. The standard InChI is InChI=1S/C18H21BrN4O3/c1-13-21-16(23-7-10-25-11-8-23)12-17(22-13)26-9-6-20-18(24)14-2-4-15(19)5-3-14/h2-5,12H,6-11H2,1H3,(H,20,24). The van der Waals surface area contributed by atoms with Gasteiger partial charge in [0.2, 0.25) is 5.88 Å². The monoisotopic (exact) mass is 420 g/mol. The number of nitrogens with one attached hydrogen (secondary N) is 1. The summed E-state index contributed by atoms with van der Waals surface area (Å²) in [5, 5.41) is 2.83. The van der Waals surface area contributed by atoms with Crippen LogP contribution in [0, 0.1) is 6.92 Å². The molecule has 1 aliphatic rings.